The third kappa shape index (κ3) is 5.83. The van der Waals surface area contributed by atoms with Crippen molar-refractivity contribution in [3.8, 4) is 10.6 Å². The number of benzene rings is 1. The van der Waals surface area contributed by atoms with E-state index in [0.29, 0.717) is 5.56 Å². The summed E-state index contributed by atoms with van der Waals surface area (Å²) in [5, 5.41) is 26.0. The van der Waals surface area contributed by atoms with Crippen molar-refractivity contribution in [2.45, 2.75) is 11.1 Å². The maximum Gasteiger partial charge on any atom is 0.433 e. The highest BCUT2D eigenvalue weighted by Gasteiger charge is 2.38. The van der Waals surface area contributed by atoms with Gasteiger partial charge in [0.05, 0.1) is 15.1 Å². The molecule has 0 atom stereocenters. The lowest BCUT2D eigenvalue weighted by Crippen LogP contribution is -2.27. The van der Waals surface area contributed by atoms with Crippen molar-refractivity contribution in [1.29, 1.82) is 5.41 Å². The van der Waals surface area contributed by atoms with E-state index in [-0.39, 0.29) is 20.6 Å². The Morgan fingerprint density at radius 1 is 1.34 bits per heavy atom. The Kier molecular flexibility index (Phi) is 6.80. The highest BCUT2D eigenvalue weighted by Crippen LogP contribution is 2.33. The van der Waals surface area contributed by atoms with Crippen LogP contribution in [-0.4, -0.2) is 54.4 Å². The molecule has 0 bridgehead atoms. The van der Waals surface area contributed by atoms with Gasteiger partial charge in [-0.15, -0.1) is 10.2 Å². The number of nitrogens with zero attached hydrogens (tertiary/aromatic N) is 2. The molecule has 1 aromatic carbocycles. The molecule has 3 N–H and O–H groups in total. The van der Waals surface area contributed by atoms with Gasteiger partial charge in [-0.3, -0.25) is 10.2 Å². The number of alkyl halides is 3. The number of hydrogen-bond donors (Lipinski definition) is 3. The molecule has 0 radical (unpaired) electrons. The van der Waals surface area contributed by atoms with Gasteiger partial charge in [0.25, 0.3) is 0 Å². The molecule has 0 saturated carbocycles. The largest absolute Gasteiger partial charge is 0.480 e. The van der Waals surface area contributed by atoms with Gasteiger partial charge in [-0.1, -0.05) is 23.5 Å². The number of hydrogen-bond acceptors (Lipinski definition) is 8. The summed E-state index contributed by atoms with van der Waals surface area (Å²) in [6.45, 7) is -0.728. The zero-order valence-corrected chi connectivity index (χ0v) is 17.6. The number of aromatic nitrogens is 2. The van der Waals surface area contributed by atoms with E-state index < -0.39 is 38.7 Å². The molecular weight excluding hydrogens is 501 g/mol. The minimum absolute atomic E-state index is 0.0200. The molecule has 0 aliphatic carbocycles. The molecule has 0 aliphatic rings. The number of carboxylic acids is 1. The lowest BCUT2D eigenvalue weighted by molar-refractivity contribution is -0.135. The first-order chi connectivity index (χ1) is 13.3. The Labute approximate surface area is 175 Å². The van der Waals surface area contributed by atoms with E-state index >= 15 is 0 Å². The first-order valence-corrected chi connectivity index (χ1v) is 11.0. The maximum atomic E-state index is 12.9. The van der Waals surface area contributed by atoms with E-state index in [0.717, 1.165) is 17.6 Å². The van der Waals surface area contributed by atoms with Crippen LogP contribution in [0.1, 0.15) is 5.01 Å². The van der Waals surface area contributed by atoms with Gasteiger partial charge >= 0.3 is 12.1 Å². The summed E-state index contributed by atoms with van der Waals surface area (Å²) in [6, 6.07) is 5.73. The quantitative estimate of drug-likeness (QED) is 0.485. The van der Waals surface area contributed by atoms with Crippen molar-refractivity contribution >= 4 is 54.5 Å². The fraction of sp³-hybridized carbons (Fsp3) is 0.200. The van der Waals surface area contributed by atoms with Crippen LogP contribution in [0.2, 0.25) is 0 Å². The molecule has 156 valence electrons. The molecule has 0 unspecified atom stereocenters. The molecular formula is C15H12BrF3N4O4S2. The molecule has 0 spiro atoms. The van der Waals surface area contributed by atoms with Crippen molar-refractivity contribution in [2.75, 3.05) is 12.8 Å². The summed E-state index contributed by atoms with van der Waals surface area (Å²) in [6.07, 6.45) is -3.96. The molecule has 0 amide bonds. The van der Waals surface area contributed by atoms with Crippen molar-refractivity contribution in [2.24, 2.45) is 0 Å². The van der Waals surface area contributed by atoms with Gasteiger partial charge in [-0.05, 0) is 28.1 Å². The number of nitrogens with one attached hydrogen (secondary N) is 2. The molecule has 0 fully saturated rings. The van der Waals surface area contributed by atoms with Gasteiger partial charge in [-0.2, -0.15) is 13.2 Å². The Balaban J connectivity index is 2.52. The van der Waals surface area contributed by atoms with E-state index in [1.54, 1.807) is 6.07 Å². The molecule has 14 heteroatoms. The summed E-state index contributed by atoms with van der Waals surface area (Å²) in [5.41, 5.74) is -1.75. The second-order valence-electron chi connectivity index (χ2n) is 5.52. The van der Waals surface area contributed by atoms with E-state index in [2.05, 4.69) is 31.4 Å². The third-order valence-electron chi connectivity index (χ3n) is 3.29. The van der Waals surface area contributed by atoms with Crippen molar-refractivity contribution in [3.05, 3.63) is 33.8 Å². The summed E-state index contributed by atoms with van der Waals surface area (Å²) in [4.78, 5) is 10.8. The minimum Gasteiger partial charge on any atom is -0.480 e. The molecule has 0 aliphatic heterocycles. The van der Waals surface area contributed by atoms with Crippen molar-refractivity contribution in [1.82, 2.24) is 15.5 Å². The standard InChI is InChI=1S/C15H12BrF3N4O4S2/c1-29(26,27)8-4-2-3-7(5-8)13-22-23-14(28-13)11(21-6-9(24)25)10(16)12(20)15(17,18)19/h2-5,20-21H,6H2,1H3,(H,24,25)/b11-10+,20-12?. The van der Waals surface area contributed by atoms with Crippen LogP contribution in [0.4, 0.5) is 13.2 Å². The van der Waals surface area contributed by atoms with Gasteiger partial charge in [0.2, 0.25) is 0 Å². The SMILES string of the molecule is CS(=O)(=O)c1cccc(-c2nnc(/C(NCC(=O)O)=C(\Br)C(=N)C(F)(F)F)s2)c1. The maximum absolute atomic E-state index is 12.9. The van der Waals surface area contributed by atoms with Crippen LogP contribution in [0.3, 0.4) is 0 Å². The van der Waals surface area contributed by atoms with Crippen LogP contribution in [-0.2, 0) is 14.6 Å². The number of sulfone groups is 1. The molecule has 2 aromatic rings. The second kappa shape index (κ2) is 8.59. The Morgan fingerprint density at radius 3 is 2.55 bits per heavy atom. The van der Waals surface area contributed by atoms with E-state index in [4.69, 9.17) is 10.5 Å². The number of allylic oxidation sites excluding steroid dienone is 1. The number of aliphatic carboxylic acids is 1. The van der Waals surface area contributed by atoms with Gasteiger partial charge in [-0.25, -0.2) is 8.42 Å². The minimum atomic E-state index is -4.98. The molecule has 8 nitrogen and oxygen atoms in total. The highest BCUT2D eigenvalue weighted by atomic mass is 79.9. The number of rotatable bonds is 7. The lowest BCUT2D eigenvalue weighted by Gasteiger charge is -2.12. The second-order valence-corrected chi connectivity index (χ2v) is 9.31. The summed E-state index contributed by atoms with van der Waals surface area (Å²) in [7, 11) is -3.49. The van der Waals surface area contributed by atoms with Crippen molar-refractivity contribution < 1.29 is 31.5 Å². The summed E-state index contributed by atoms with van der Waals surface area (Å²) < 4.78 is 61.3. The zero-order chi connectivity index (χ0) is 22.0. The van der Waals surface area contributed by atoms with Crippen LogP contribution in [0, 0.1) is 5.41 Å². The van der Waals surface area contributed by atoms with Crippen LogP contribution in [0.25, 0.3) is 16.3 Å². The third-order valence-corrected chi connectivity index (χ3v) is 6.18. The fourth-order valence-corrected chi connectivity index (χ4v) is 4.18. The van der Waals surface area contributed by atoms with Gasteiger partial charge in [0.15, 0.2) is 20.6 Å². The smallest absolute Gasteiger partial charge is 0.433 e. The molecule has 1 aromatic heterocycles. The first kappa shape index (κ1) is 23.0. The van der Waals surface area contributed by atoms with E-state index in [1.807, 2.05) is 0 Å². The molecule has 2 rings (SSSR count). The predicted octanol–water partition coefficient (Wildman–Crippen LogP) is 2.93. The Morgan fingerprint density at radius 2 is 2.00 bits per heavy atom. The molecule has 1 heterocycles. The fourth-order valence-electron chi connectivity index (χ4n) is 1.96. The predicted molar refractivity (Wildman–Crippen MR) is 104 cm³/mol. The number of carbonyl (C=O) groups is 1. The average molecular weight is 513 g/mol. The topological polar surface area (TPSA) is 133 Å². The zero-order valence-electron chi connectivity index (χ0n) is 14.4. The van der Waals surface area contributed by atoms with Gasteiger partial charge in [0.1, 0.15) is 11.6 Å². The number of carboxylic acid groups (broad SMARTS) is 1. The highest BCUT2D eigenvalue weighted by molar-refractivity contribution is 9.12. The molecule has 29 heavy (non-hydrogen) atoms. The van der Waals surface area contributed by atoms with Crippen LogP contribution < -0.4 is 5.32 Å². The van der Waals surface area contributed by atoms with Crippen LogP contribution in [0.5, 0.6) is 0 Å². The van der Waals surface area contributed by atoms with Gasteiger partial charge in [0, 0.05) is 11.8 Å². The Bertz CT molecular complexity index is 1100. The average Bonchev–Trinajstić information content (AvgIpc) is 3.09. The van der Waals surface area contributed by atoms with Crippen molar-refractivity contribution in [3.63, 3.8) is 0 Å². The lowest BCUT2D eigenvalue weighted by atomic mass is 10.2. The summed E-state index contributed by atoms with van der Waals surface area (Å²) >= 11 is 3.47. The Hall–Kier alpha value is -2.32. The van der Waals surface area contributed by atoms with Crippen LogP contribution in [0.15, 0.2) is 33.6 Å². The number of halogens is 4. The first-order valence-electron chi connectivity index (χ1n) is 7.46. The molecule has 0 saturated heterocycles. The monoisotopic (exact) mass is 512 g/mol. The summed E-state index contributed by atoms with van der Waals surface area (Å²) in [5.74, 6) is -1.34. The van der Waals surface area contributed by atoms with E-state index in [9.17, 15) is 26.4 Å². The normalized spacial score (nSPS) is 13.0. The van der Waals surface area contributed by atoms with E-state index in [1.165, 1.54) is 18.2 Å². The van der Waals surface area contributed by atoms with Crippen LogP contribution >= 0.6 is 27.3 Å². The van der Waals surface area contributed by atoms with Gasteiger partial charge < -0.3 is 10.4 Å².